The number of rotatable bonds is 6. The summed E-state index contributed by atoms with van der Waals surface area (Å²) in [5, 5.41) is 2.78. The number of esters is 1. The van der Waals surface area contributed by atoms with E-state index in [1.54, 1.807) is 13.2 Å². The van der Waals surface area contributed by atoms with Crippen molar-refractivity contribution in [3.8, 4) is 5.75 Å². The Labute approximate surface area is 144 Å². The SMILES string of the molecule is COc1ccccc1C(C)NC(=O)COC(=O)c1cccnc1Cl. The first-order valence-corrected chi connectivity index (χ1v) is 7.60. The summed E-state index contributed by atoms with van der Waals surface area (Å²) in [6.45, 7) is 1.40. The average Bonchev–Trinajstić information content (AvgIpc) is 2.60. The predicted octanol–water partition coefficient (Wildman–Crippen LogP) is 2.78. The molecule has 1 aromatic carbocycles. The van der Waals surface area contributed by atoms with Gasteiger partial charge in [-0.05, 0) is 25.1 Å². The van der Waals surface area contributed by atoms with E-state index in [2.05, 4.69) is 10.3 Å². The number of para-hydroxylation sites is 1. The maximum atomic E-state index is 12.0. The second-order valence-corrected chi connectivity index (χ2v) is 5.31. The van der Waals surface area contributed by atoms with Crippen molar-refractivity contribution in [3.63, 3.8) is 0 Å². The third-order valence-electron chi connectivity index (χ3n) is 3.30. The molecule has 0 aliphatic rings. The fourth-order valence-corrected chi connectivity index (χ4v) is 2.33. The van der Waals surface area contributed by atoms with Crippen molar-refractivity contribution in [3.05, 3.63) is 58.9 Å². The van der Waals surface area contributed by atoms with Gasteiger partial charge in [0.1, 0.15) is 10.9 Å². The zero-order valence-electron chi connectivity index (χ0n) is 13.3. The molecule has 0 fully saturated rings. The van der Waals surface area contributed by atoms with Crippen molar-refractivity contribution >= 4 is 23.5 Å². The van der Waals surface area contributed by atoms with Gasteiger partial charge < -0.3 is 14.8 Å². The van der Waals surface area contributed by atoms with Crippen LogP contribution in [-0.4, -0.2) is 30.6 Å². The van der Waals surface area contributed by atoms with Crippen LogP contribution in [0.15, 0.2) is 42.6 Å². The topological polar surface area (TPSA) is 77.5 Å². The zero-order chi connectivity index (χ0) is 17.5. The second kappa shape index (κ2) is 8.31. The summed E-state index contributed by atoms with van der Waals surface area (Å²) >= 11 is 5.81. The maximum absolute atomic E-state index is 12.0. The number of halogens is 1. The summed E-state index contributed by atoms with van der Waals surface area (Å²) in [5.41, 5.74) is 0.944. The third kappa shape index (κ3) is 4.45. The van der Waals surface area contributed by atoms with Gasteiger partial charge in [0.05, 0.1) is 18.7 Å². The largest absolute Gasteiger partial charge is 0.496 e. The van der Waals surface area contributed by atoms with Crippen LogP contribution in [0.1, 0.15) is 28.9 Å². The molecule has 1 amide bonds. The summed E-state index contributed by atoms with van der Waals surface area (Å²) in [6, 6.07) is 10.1. The van der Waals surface area contributed by atoms with Crippen LogP contribution < -0.4 is 10.1 Å². The summed E-state index contributed by atoms with van der Waals surface area (Å²) in [5.74, 6) is -0.459. The van der Waals surface area contributed by atoms with Crippen LogP contribution in [0.25, 0.3) is 0 Å². The van der Waals surface area contributed by atoms with Gasteiger partial charge in [0.15, 0.2) is 6.61 Å². The van der Waals surface area contributed by atoms with E-state index in [1.807, 2.05) is 31.2 Å². The van der Waals surface area contributed by atoms with Crippen LogP contribution in [0.3, 0.4) is 0 Å². The molecule has 2 rings (SSSR count). The Morgan fingerprint density at radius 2 is 2.00 bits per heavy atom. The van der Waals surface area contributed by atoms with Gasteiger partial charge in [0, 0.05) is 11.8 Å². The average molecular weight is 349 g/mol. The highest BCUT2D eigenvalue weighted by atomic mass is 35.5. The lowest BCUT2D eigenvalue weighted by atomic mass is 10.1. The van der Waals surface area contributed by atoms with Crippen molar-refractivity contribution in [1.82, 2.24) is 10.3 Å². The first kappa shape index (κ1) is 17.7. The number of carbonyl (C=O) groups is 2. The Kier molecular flexibility index (Phi) is 6.14. The molecule has 0 saturated carbocycles. The summed E-state index contributed by atoms with van der Waals surface area (Å²) < 4.78 is 10.2. The second-order valence-electron chi connectivity index (χ2n) is 4.95. The van der Waals surface area contributed by atoms with E-state index >= 15 is 0 Å². The molecular formula is C17H17ClN2O4. The number of carbonyl (C=O) groups excluding carboxylic acids is 2. The maximum Gasteiger partial charge on any atom is 0.341 e. The minimum Gasteiger partial charge on any atom is -0.496 e. The van der Waals surface area contributed by atoms with E-state index in [-0.39, 0.29) is 16.8 Å². The van der Waals surface area contributed by atoms with Gasteiger partial charge in [-0.25, -0.2) is 9.78 Å². The lowest BCUT2D eigenvalue weighted by Gasteiger charge is -2.17. The Hall–Kier alpha value is -2.60. The molecule has 1 heterocycles. The van der Waals surface area contributed by atoms with Crippen LogP contribution >= 0.6 is 11.6 Å². The molecule has 1 aromatic heterocycles. The van der Waals surface area contributed by atoms with Crippen LogP contribution in [0.2, 0.25) is 5.15 Å². The van der Waals surface area contributed by atoms with E-state index in [0.29, 0.717) is 5.75 Å². The van der Waals surface area contributed by atoms with Crippen molar-refractivity contribution < 1.29 is 19.1 Å². The first-order chi connectivity index (χ1) is 11.5. The van der Waals surface area contributed by atoms with Crippen molar-refractivity contribution in [1.29, 1.82) is 0 Å². The number of nitrogens with one attached hydrogen (secondary N) is 1. The van der Waals surface area contributed by atoms with Gasteiger partial charge >= 0.3 is 5.97 Å². The van der Waals surface area contributed by atoms with Crippen LogP contribution in [0, 0.1) is 0 Å². The number of amides is 1. The van der Waals surface area contributed by atoms with Crippen LogP contribution in [0.4, 0.5) is 0 Å². The lowest BCUT2D eigenvalue weighted by molar-refractivity contribution is -0.124. The molecule has 1 N–H and O–H groups in total. The fraction of sp³-hybridized carbons (Fsp3) is 0.235. The van der Waals surface area contributed by atoms with E-state index in [1.165, 1.54) is 12.3 Å². The predicted molar refractivity (Wildman–Crippen MR) is 89.1 cm³/mol. The zero-order valence-corrected chi connectivity index (χ0v) is 14.0. The molecular weight excluding hydrogens is 332 g/mol. The highest BCUT2D eigenvalue weighted by Gasteiger charge is 2.17. The van der Waals surface area contributed by atoms with E-state index in [4.69, 9.17) is 21.1 Å². The number of nitrogens with zero attached hydrogens (tertiary/aromatic N) is 1. The fourth-order valence-electron chi connectivity index (χ4n) is 2.13. The smallest absolute Gasteiger partial charge is 0.341 e. The first-order valence-electron chi connectivity index (χ1n) is 7.23. The molecule has 0 aliphatic heterocycles. The molecule has 2 aromatic rings. The van der Waals surface area contributed by atoms with Gasteiger partial charge in [0.2, 0.25) is 0 Å². The summed E-state index contributed by atoms with van der Waals surface area (Å²) in [4.78, 5) is 27.6. The number of hydrogen-bond acceptors (Lipinski definition) is 5. The molecule has 24 heavy (non-hydrogen) atoms. The number of pyridine rings is 1. The molecule has 0 spiro atoms. The normalized spacial score (nSPS) is 11.5. The van der Waals surface area contributed by atoms with Gasteiger partial charge in [-0.1, -0.05) is 29.8 Å². The van der Waals surface area contributed by atoms with Crippen LogP contribution in [0.5, 0.6) is 5.75 Å². The minimum atomic E-state index is -0.701. The molecule has 6 nitrogen and oxygen atoms in total. The number of benzene rings is 1. The van der Waals surface area contributed by atoms with E-state index in [0.717, 1.165) is 5.56 Å². The molecule has 0 aliphatic carbocycles. The standard InChI is InChI=1S/C17H17ClN2O4/c1-11(12-6-3-4-8-14(12)23-2)20-15(21)10-24-17(22)13-7-5-9-19-16(13)18/h3-9,11H,10H2,1-2H3,(H,20,21). The summed E-state index contributed by atoms with van der Waals surface area (Å²) in [6.07, 6.45) is 1.46. The Bertz CT molecular complexity index is 736. The summed E-state index contributed by atoms with van der Waals surface area (Å²) in [7, 11) is 1.56. The minimum absolute atomic E-state index is 0.0327. The van der Waals surface area contributed by atoms with Gasteiger partial charge in [-0.2, -0.15) is 0 Å². The molecule has 0 bridgehead atoms. The van der Waals surface area contributed by atoms with Crippen molar-refractivity contribution in [2.45, 2.75) is 13.0 Å². The van der Waals surface area contributed by atoms with Gasteiger partial charge in [-0.15, -0.1) is 0 Å². The molecule has 0 saturated heterocycles. The molecule has 1 unspecified atom stereocenters. The van der Waals surface area contributed by atoms with E-state index < -0.39 is 18.5 Å². The lowest BCUT2D eigenvalue weighted by Crippen LogP contribution is -2.31. The Morgan fingerprint density at radius 3 is 2.71 bits per heavy atom. The highest BCUT2D eigenvalue weighted by Crippen LogP contribution is 2.24. The van der Waals surface area contributed by atoms with Crippen molar-refractivity contribution in [2.75, 3.05) is 13.7 Å². The molecule has 7 heteroatoms. The Morgan fingerprint density at radius 1 is 1.25 bits per heavy atom. The molecule has 0 radical (unpaired) electrons. The number of ether oxygens (including phenoxy) is 2. The molecule has 1 atom stereocenters. The monoisotopic (exact) mass is 348 g/mol. The van der Waals surface area contributed by atoms with Gasteiger partial charge in [0.25, 0.3) is 5.91 Å². The number of methoxy groups -OCH3 is 1. The van der Waals surface area contributed by atoms with Crippen LogP contribution in [-0.2, 0) is 9.53 Å². The van der Waals surface area contributed by atoms with Crippen molar-refractivity contribution in [2.24, 2.45) is 0 Å². The Balaban J connectivity index is 1.91. The quantitative estimate of drug-likeness (QED) is 0.641. The number of hydrogen-bond donors (Lipinski definition) is 1. The third-order valence-corrected chi connectivity index (χ3v) is 3.60. The molecule has 126 valence electrons. The van der Waals surface area contributed by atoms with Gasteiger partial charge in [-0.3, -0.25) is 4.79 Å². The number of aromatic nitrogens is 1. The highest BCUT2D eigenvalue weighted by molar-refractivity contribution is 6.32. The van der Waals surface area contributed by atoms with E-state index in [9.17, 15) is 9.59 Å².